The van der Waals surface area contributed by atoms with Crippen LogP contribution in [-0.2, 0) is 0 Å². The second-order valence-electron chi connectivity index (χ2n) is 2.62. The Hall–Kier alpha value is -1.04. The number of hydrogen-bond donors (Lipinski definition) is 1. The molecule has 0 spiro atoms. The van der Waals surface area contributed by atoms with Gasteiger partial charge in [0.25, 0.3) is 5.82 Å². The van der Waals surface area contributed by atoms with Gasteiger partial charge in [0, 0.05) is 11.7 Å². The van der Waals surface area contributed by atoms with E-state index in [1.165, 1.54) is 0 Å². The Bertz CT molecular complexity index is 300. The number of hydrogen-bond acceptors (Lipinski definition) is 5. The molecule has 6 heteroatoms. The van der Waals surface area contributed by atoms with Gasteiger partial charge in [0.1, 0.15) is 0 Å². The Labute approximate surface area is 79.5 Å². The SMILES string of the molecule is CSCC(C)c1nc(C(=O)O)no1. The lowest BCUT2D eigenvalue weighted by atomic mass is 10.2. The molecule has 1 aromatic heterocycles. The van der Waals surface area contributed by atoms with Gasteiger partial charge >= 0.3 is 5.97 Å². The summed E-state index contributed by atoms with van der Waals surface area (Å²) in [6.07, 6.45) is 1.96. The van der Waals surface area contributed by atoms with Crippen LogP contribution in [0.3, 0.4) is 0 Å². The number of nitrogens with zero attached hydrogens (tertiary/aromatic N) is 2. The molecule has 1 heterocycles. The molecule has 1 unspecified atom stereocenters. The summed E-state index contributed by atoms with van der Waals surface area (Å²) in [6, 6.07) is 0. The molecule has 0 aromatic carbocycles. The minimum absolute atomic E-state index is 0.0931. The molecule has 0 amide bonds. The predicted molar refractivity (Wildman–Crippen MR) is 48.1 cm³/mol. The van der Waals surface area contributed by atoms with Gasteiger partial charge in [0.2, 0.25) is 5.89 Å². The summed E-state index contributed by atoms with van der Waals surface area (Å²) in [7, 11) is 0. The molecule has 0 aliphatic heterocycles. The zero-order chi connectivity index (χ0) is 9.84. The first-order valence-electron chi connectivity index (χ1n) is 3.71. The normalized spacial score (nSPS) is 12.8. The summed E-state index contributed by atoms with van der Waals surface area (Å²) in [4.78, 5) is 14.1. The van der Waals surface area contributed by atoms with Crippen LogP contribution in [0.4, 0.5) is 0 Å². The Morgan fingerprint density at radius 1 is 1.77 bits per heavy atom. The third kappa shape index (κ3) is 2.45. The van der Waals surface area contributed by atoms with Crippen LogP contribution >= 0.6 is 11.8 Å². The molecule has 0 radical (unpaired) electrons. The van der Waals surface area contributed by atoms with E-state index in [-0.39, 0.29) is 11.7 Å². The molecule has 1 rings (SSSR count). The zero-order valence-electron chi connectivity index (χ0n) is 7.35. The number of rotatable bonds is 4. The number of aromatic nitrogens is 2. The first kappa shape index (κ1) is 10.0. The number of thioether (sulfide) groups is 1. The molecular weight excluding hydrogens is 192 g/mol. The lowest BCUT2D eigenvalue weighted by Crippen LogP contribution is -2.01. The molecular formula is C7H10N2O3S. The molecule has 0 saturated heterocycles. The Morgan fingerprint density at radius 2 is 2.46 bits per heavy atom. The van der Waals surface area contributed by atoms with E-state index in [2.05, 4.69) is 10.1 Å². The van der Waals surface area contributed by atoms with Crippen molar-refractivity contribution in [1.82, 2.24) is 10.1 Å². The van der Waals surface area contributed by atoms with Crippen molar-refractivity contribution in [3.63, 3.8) is 0 Å². The van der Waals surface area contributed by atoms with Gasteiger partial charge in [0.15, 0.2) is 0 Å². The molecule has 1 aromatic rings. The monoisotopic (exact) mass is 202 g/mol. The van der Waals surface area contributed by atoms with E-state index < -0.39 is 5.97 Å². The predicted octanol–water partition coefficient (Wildman–Crippen LogP) is 1.23. The highest BCUT2D eigenvalue weighted by Gasteiger charge is 2.17. The molecule has 72 valence electrons. The Morgan fingerprint density at radius 3 is 2.92 bits per heavy atom. The van der Waals surface area contributed by atoms with E-state index in [9.17, 15) is 4.79 Å². The molecule has 0 saturated carbocycles. The minimum Gasteiger partial charge on any atom is -0.475 e. The quantitative estimate of drug-likeness (QED) is 0.791. The van der Waals surface area contributed by atoms with Gasteiger partial charge in [-0.25, -0.2) is 4.79 Å². The highest BCUT2D eigenvalue weighted by molar-refractivity contribution is 7.98. The van der Waals surface area contributed by atoms with Crippen molar-refractivity contribution in [2.75, 3.05) is 12.0 Å². The lowest BCUT2D eigenvalue weighted by Gasteiger charge is -2.01. The maximum atomic E-state index is 10.4. The first-order valence-corrected chi connectivity index (χ1v) is 5.10. The summed E-state index contributed by atoms with van der Waals surface area (Å²) in [5.74, 6) is -0.127. The standard InChI is InChI=1S/C7H10N2O3S/c1-4(3-13-2)6-8-5(7(10)11)9-12-6/h4H,3H2,1-2H3,(H,10,11). The molecule has 0 aliphatic rings. The number of carboxylic acid groups (broad SMARTS) is 1. The molecule has 1 N–H and O–H groups in total. The van der Waals surface area contributed by atoms with Crippen molar-refractivity contribution in [1.29, 1.82) is 0 Å². The van der Waals surface area contributed by atoms with E-state index in [0.29, 0.717) is 5.89 Å². The largest absolute Gasteiger partial charge is 0.475 e. The van der Waals surface area contributed by atoms with Gasteiger partial charge in [-0.05, 0) is 11.4 Å². The molecule has 13 heavy (non-hydrogen) atoms. The van der Waals surface area contributed by atoms with Gasteiger partial charge in [-0.15, -0.1) is 0 Å². The van der Waals surface area contributed by atoms with Crippen LogP contribution in [0.5, 0.6) is 0 Å². The third-order valence-corrected chi connectivity index (χ3v) is 2.30. The van der Waals surface area contributed by atoms with Crippen LogP contribution in [0, 0.1) is 0 Å². The van der Waals surface area contributed by atoms with Crippen LogP contribution in [0.15, 0.2) is 4.52 Å². The first-order chi connectivity index (χ1) is 6.15. The van der Waals surface area contributed by atoms with Gasteiger partial charge in [-0.3, -0.25) is 0 Å². The fraction of sp³-hybridized carbons (Fsp3) is 0.571. The lowest BCUT2D eigenvalue weighted by molar-refractivity contribution is 0.0680. The number of aromatic carboxylic acids is 1. The van der Waals surface area contributed by atoms with Crippen LogP contribution in [0.2, 0.25) is 0 Å². The average molecular weight is 202 g/mol. The highest BCUT2D eigenvalue weighted by atomic mass is 32.2. The summed E-state index contributed by atoms with van der Waals surface area (Å²) in [5.41, 5.74) is 0. The summed E-state index contributed by atoms with van der Waals surface area (Å²) >= 11 is 1.65. The maximum Gasteiger partial charge on any atom is 0.377 e. The summed E-state index contributed by atoms with van der Waals surface area (Å²) < 4.78 is 4.78. The van der Waals surface area contributed by atoms with Crippen molar-refractivity contribution in [3.05, 3.63) is 11.7 Å². The van der Waals surface area contributed by atoms with Crippen molar-refractivity contribution < 1.29 is 14.4 Å². The number of carboxylic acids is 1. The second-order valence-corrected chi connectivity index (χ2v) is 3.53. The molecule has 0 fully saturated rings. The fourth-order valence-corrected chi connectivity index (χ4v) is 1.49. The van der Waals surface area contributed by atoms with E-state index in [4.69, 9.17) is 9.63 Å². The average Bonchev–Trinajstić information content (AvgIpc) is 2.52. The van der Waals surface area contributed by atoms with E-state index in [0.717, 1.165) is 5.75 Å². The van der Waals surface area contributed by atoms with Gasteiger partial charge in [0.05, 0.1) is 0 Å². The van der Waals surface area contributed by atoms with E-state index >= 15 is 0 Å². The number of carbonyl (C=O) groups is 1. The fourth-order valence-electron chi connectivity index (χ4n) is 0.844. The van der Waals surface area contributed by atoms with Crippen molar-refractivity contribution in [2.24, 2.45) is 0 Å². The zero-order valence-corrected chi connectivity index (χ0v) is 8.17. The molecule has 5 nitrogen and oxygen atoms in total. The second kappa shape index (κ2) is 4.27. The smallest absolute Gasteiger partial charge is 0.377 e. The molecule has 0 bridgehead atoms. The Balaban J connectivity index is 2.73. The summed E-state index contributed by atoms with van der Waals surface area (Å²) in [5, 5.41) is 11.8. The van der Waals surface area contributed by atoms with Crippen LogP contribution in [0.1, 0.15) is 29.4 Å². The van der Waals surface area contributed by atoms with E-state index in [1.807, 2.05) is 13.2 Å². The van der Waals surface area contributed by atoms with Crippen molar-refractivity contribution in [2.45, 2.75) is 12.8 Å². The van der Waals surface area contributed by atoms with Gasteiger partial charge in [-0.1, -0.05) is 6.92 Å². The van der Waals surface area contributed by atoms with Crippen molar-refractivity contribution in [3.8, 4) is 0 Å². The minimum atomic E-state index is -1.16. The maximum absolute atomic E-state index is 10.4. The topological polar surface area (TPSA) is 76.2 Å². The summed E-state index contributed by atoms with van der Waals surface area (Å²) in [6.45, 7) is 1.91. The van der Waals surface area contributed by atoms with Crippen LogP contribution < -0.4 is 0 Å². The molecule has 0 aliphatic carbocycles. The van der Waals surface area contributed by atoms with Crippen LogP contribution in [-0.4, -0.2) is 33.2 Å². The highest BCUT2D eigenvalue weighted by Crippen LogP contribution is 2.16. The van der Waals surface area contributed by atoms with Gasteiger partial charge < -0.3 is 9.63 Å². The van der Waals surface area contributed by atoms with Crippen molar-refractivity contribution >= 4 is 17.7 Å². The molecule has 1 atom stereocenters. The van der Waals surface area contributed by atoms with E-state index in [1.54, 1.807) is 11.8 Å². The van der Waals surface area contributed by atoms with Crippen LogP contribution in [0.25, 0.3) is 0 Å². The van der Waals surface area contributed by atoms with Gasteiger partial charge in [-0.2, -0.15) is 16.7 Å². The Kier molecular flexibility index (Phi) is 3.30. The third-order valence-electron chi connectivity index (χ3n) is 1.47.